The van der Waals surface area contributed by atoms with Crippen molar-refractivity contribution in [1.29, 1.82) is 0 Å². The van der Waals surface area contributed by atoms with E-state index in [0.29, 0.717) is 18.4 Å². The Morgan fingerprint density at radius 2 is 1.37 bits per heavy atom. The first-order chi connectivity index (χ1) is 18.7. The van der Waals surface area contributed by atoms with Gasteiger partial charge >= 0.3 is 0 Å². The highest BCUT2D eigenvalue weighted by Gasteiger charge is 2.39. The zero-order valence-corrected chi connectivity index (χ0v) is 21.2. The normalized spacial score (nSPS) is 14.3. The van der Waals surface area contributed by atoms with Gasteiger partial charge in [0.15, 0.2) is 5.78 Å². The summed E-state index contributed by atoms with van der Waals surface area (Å²) in [5.41, 5.74) is 6.27. The predicted molar refractivity (Wildman–Crippen MR) is 151 cm³/mol. The van der Waals surface area contributed by atoms with Gasteiger partial charge in [-0.3, -0.25) is 4.79 Å². The second kappa shape index (κ2) is 9.98. The fraction of sp³-hybridized carbons (Fsp3) is 0.118. The predicted octanol–water partition coefficient (Wildman–Crippen LogP) is 6.79. The maximum Gasteiger partial charge on any atom is 0.163 e. The molecule has 4 nitrogen and oxygen atoms in total. The summed E-state index contributed by atoms with van der Waals surface area (Å²) in [6.45, 7) is 0. The summed E-state index contributed by atoms with van der Waals surface area (Å²) in [5.74, 6) is 0.943. The third-order valence-electron chi connectivity index (χ3n) is 7.42. The van der Waals surface area contributed by atoms with Gasteiger partial charge in [0.1, 0.15) is 11.3 Å². The van der Waals surface area contributed by atoms with Crippen LogP contribution in [0.2, 0.25) is 0 Å². The first-order valence-electron chi connectivity index (χ1n) is 12.8. The average molecular weight is 497 g/mol. The first kappa shape index (κ1) is 23.7. The minimum absolute atomic E-state index is 0.139. The van der Waals surface area contributed by atoms with Crippen LogP contribution < -0.4 is 4.74 Å². The summed E-state index contributed by atoms with van der Waals surface area (Å²) >= 11 is 0. The summed E-state index contributed by atoms with van der Waals surface area (Å²) < 4.78 is 7.64. The lowest BCUT2D eigenvalue weighted by Gasteiger charge is -2.38. The van der Waals surface area contributed by atoms with Crippen LogP contribution in [-0.2, 0) is 16.8 Å². The van der Waals surface area contributed by atoms with Gasteiger partial charge in [-0.1, -0.05) is 97.1 Å². The van der Waals surface area contributed by atoms with E-state index < -0.39 is 5.54 Å². The SMILES string of the molecule is COc1ccc2c(c1)CCC(=O)/C2=C/c1cncn1C(c1ccccc1)(c1ccccc1)c1ccccc1. The number of allylic oxidation sites excluding steroid dienone is 1. The fourth-order valence-electron chi connectivity index (χ4n) is 5.65. The number of ether oxygens (including phenoxy) is 1. The van der Waals surface area contributed by atoms with Crippen molar-refractivity contribution in [2.24, 2.45) is 0 Å². The number of carbonyl (C=O) groups excluding carboxylic acids is 1. The number of carbonyl (C=O) groups is 1. The Bertz CT molecular complexity index is 1510. The van der Waals surface area contributed by atoms with E-state index in [1.165, 1.54) is 0 Å². The maximum atomic E-state index is 13.3. The van der Waals surface area contributed by atoms with E-state index in [4.69, 9.17) is 4.74 Å². The molecule has 1 aliphatic carbocycles. The largest absolute Gasteiger partial charge is 0.497 e. The Morgan fingerprint density at radius 1 is 0.789 bits per heavy atom. The quantitative estimate of drug-likeness (QED) is 0.192. The van der Waals surface area contributed by atoms with Gasteiger partial charge in [-0.15, -0.1) is 0 Å². The molecule has 4 heteroatoms. The summed E-state index contributed by atoms with van der Waals surface area (Å²) in [5, 5.41) is 0. The number of methoxy groups -OCH3 is 1. The van der Waals surface area contributed by atoms with Gasteiger partial charge in [0, 0.05) is 12.0 Å². The monoisotopic (exact) mass is 496 g/mol. The van der Waals surface area contributed by atoms with Gasteiger partial charge in [-0.05, 0) is 52.4 Å². The van der Waals surface area contributed by atoms with E-state index in [2.05, 4.69) is 82.3 Å². The van der Waals surface area contributed by atoms with Crippen molar-refractivity contribution < 1.29 is 9.53 Å². The lowest BCUT2D eigenvalue weighted by atomic mass is 9.76. The summed E-state index contributed by atoms with van der Waals surface area (Å²) in [6, 6.07) is 37.4. The molecule has 0 N–H and O–H groups in total. The second-order valence-electron chi connectivity index (χ2n) is 9.50. The first-order valence-corrected chi connectivity index (χ1v) is 12.8. The number of hydrogen-bond acceptors (Lipinski definition) is 3. The van der Waals surface area contributed by atoms with E-state index in [9.17, 15) is 4.79 Å². The molecule has 0 unspecified atom stereocenters. The molecule has 0 fully saturated rings. The van der Waals surface area contributed by atoms with Crippen molar-refractivity contribution in [2.75, 3.05) is 7.11 Å². The molecular weight excluding hydrogens is 468 g/mol. The molecule has 38 heavy (non-hydrogen) atoms. The number of benzene rings is 4. The summed E-state index contributed by atoms with van der Waals surface area (Å²) in [7, 11) is 1.67. The second-order valence-corrected chi connectivity index (χ2v) is 9.50. The number of imidazole rings is 1. The smallest absolute Gasteiger partial charge is 0.163 e. The summed E-state index contributed by atoms with van der Waals surface area (Å²) in [6.07, 6.45) is 6.91. The van der Waals surface area contributed by atoms with E-state index in [0.717, 1.165) is 39.3 Å². The van der Waals surface area contributed by atoms with Crippen molar-refractivity contribution in [1.82, 2.24) is 9.55 Å². The Kier molecular flexibility index (Phi) is 6.22. The molecule has 1 heterocycles. The van der Waals surface area contributed by atoms with Gasteiger partial charge in [-0.25, -0.2) is 4.98 Å². The van der Waals surface area contributed by atoms with Crippen LogP contribution in [0.5, 0.6) is 5.75 Å². The van der Waals surface area contributed by atoms with Crippen molar-refractivity contribution in [3.8, 4) is 5.75 Å². The van der Waals surface area contributed by atoms with E-state index >= 15 is 0 Å². The number of ketones is 1. The van der Waals surface area contributed by atoms with Gasteiger partial charge < -0.3 is 9.30 Å². The highest BCUT2D eigenvalue weighted by Crippen LogP contribution is 2.42. The number of nitrogens with zero attached hydrogens (tertiary/aromatic N) is 2. The van der Waals surface area contributed by atoms with Crippen LogP contribution in [0.4, 0.5) is 0 Å². The number of hydrogen-bond donors (Lipinski definition) is 0. The third-order valence-corrected chi connectivity index (χ3v) is 7.42. The van der Waals surface area contributed by atoms with Crippen molar-refractivity contribution in [2.45, 2.75) is 18.4 Å². The summed E-state index contributed by atoms with van der Waals surface area (Å²) in [4.78, 5) is 17.9. The molecule has 0 aliphatic heterocycles. The molecule has 4 aromatic carbocycles. The zero-order chi connectivity index (χ0) is 26.0. The number of aryl methyl sites for hydroxylation is 1. The van der Waals surface area contributed by atoms with E-state index in [1.54, 1.807) is 7.11 Å². The van der Waals surface area contributed by atoms with Crippen molar-refractivity contribution in [3.05, 3.63) is 155 Å². The molecule has 0 saturated heterocycles. The van der Waals surface area contributed by atoms with E-state index in [1.807, 2.05) is 55.0 Å². The minimum Gasteiger partial charge on any atom is -0.497 e. The molecule has 1 aromatic heterocycles. The van der Waals surface area contributed by atoms with Gasteiger partial charge in [0.2, 0.25) is 0 Å². The Morgan fingerprint density at radius 3 is 1.92 bits per heavy atom. The number of Topliss-reactive ketones (excluding diaryl/α,β-unsaturated/α-hetero) is 1. The van der Waals surface area contributed by atoms with Crippen LogP contribution in [0.25, 0.3) is 11.6 Å². The number of fused-ring (bicyclic) bond motifs is 1. The Balaban J connectivity index is 1.63. The standard InChI is InChI=1S/C34H28N2O2/c1-38-30-18-19-31-25(21-30)17-20-33(37)32(31)22-29-23-35-24-36(29)34(26-11-5-2-6-12-26,27-13-7-3-8-14-27)28-15-9-4-10-16-28/h2-16,18-19,21-24H,17,20H2,1H3/b32-22+. The molecule has 0 radical (unpaired) electrons. The van der Waals surface area contributed by atoms with Crippen LogP contribution >= 0.6 is 0 Å². The average Bonchev–Trinajstić information content (AvgIpc) is 3.45. The van der Waals surface area contributed by atoms with Gasteiger partial charge in [-0.2, -0.15) is 0 Å². The van der Waals surface area contributed by atoms with Crippen LogP contribution in [0.3, 0.4) is 0 Å². The van der Waals surface area contributed by atoms with Crippen LogP contribution in [0.1, 0.15) is 39.9 Å². The lowest BCUT2D eigenvalue weighted by molar-refractivity contribution is -0.113. The molecule has 0 amide bonds. The highest BCUT2D eigenvalue weighted by atomic mass is 16.5. The Hall–Kier alpha value is -4.70. The van der Waals surface area contributed by atoms with Crippen LogP contribution in [0, 0.1) is 0 Å². The number of aromatic nitrogens is 2. The fourth-order valence-corrected chi connectivity index (χ4v) is 5.65. The number of rotatable bonds is 6. The molecule has 0 spiro atoms. The van der Waals surface area contributed by atoms with Gasteiger partial charge in [0.25, 0.3) is 0 Å². The molecule has 0 bridgehead atoms. The topological polar surface area (TPSA) is 44.1 Å². The minimum atomic E-state index is -0.701. The molecule has 5 aromatic rings. The molecular formula is C34H28N2O2. The van der Waals surface area contributed by atoms with E-state index in [-0.39, 0.29) is 5.78 Å². The zero-order valence-electron chi connectivity index (χ0n) is 21.2. The molecule has 6 rings (SSSR count). The molecule has 1 aliphatic rings. The third kappa shape index (κ3) is 3.95. The van der Waals surface area contributed by atoms with Crippen molar-refractivity contribution in [3.63, 3.8) is 0 Å². The van der Waals surface area contributed by atoms with Crippen molar-refractivity contribution >= 4 is 17.4 Å². The van der Waals surface area contributed by atoms with Crippen LogP contribution in [-0.4, -0.2) is 22.4 Å². The molecule has 0 saturated carbocycles. The lowest BCUT2D eigenvalue weighted by Crippen LogP contribution is -2.38. The highest BCUT2D eigenvalue weighted by molar-refractivity contribution is 6.26. The van der Waals surface area contributed by atoms with Gasteiger partial charge in [0.05, 0.1) is 25.3 Å². The molecule has 0 atom stereocenters. The van der Waals surface area contributed by atoms with Crippen LogP contribution in [0.15, 0.2) is 122 Å². The molecule has 186 valence electrons. The maximum absolute atomic E-state index is 13.3. The Labute approximate surface area is 222 Å².